The number of halogens is 4. The monoisotopic (exact) mass is 268 g/mol. The molecule has 0 aromatic carbocycles. The van der Waals surface area contributed by atoms with E-state index in [-0.39, 0.29) is 17.4 Å². The zero-order valence-corrected chi connectivity index (χ0v) is 10.1. The van der Waals surface area contributed by atoms with Crippen LogP contribution >= 0.6 is 11.6 Å². The molecule has 0 atom stereocenters. The van der Waals surface area contributed by atoms with Gasteiger partial charge in [0.15, 0.2) is 5.82 Å². The van der Waals surface area contributed by atoms with Crippen LogP contribution in [-0.4, -0.2) is 36.8 Å². The largest absolute Gasteiger partial charge is 0.390 e. The predicted octanol–water partition coefficient (Wildman–Crippen LogP) is 2.56. The van der Waals surface area contributed by atoms with Gasteiger partial charge in [0.05, 0.1) is 12.6 Å². The van der Waals surface area contributed by atoms with Crippen molar-refractivity contribution in [3.05, 3.63) is 11.2 Å². The summed E-state index contributed by atoms with van der Waals surface area (Å²) >= 11 is 5.82. The number of hydrogen-bond donors (Lipinski definition) is 1. The molecule has 0 aliphatic rings. The highest BCUT2D eigenvalue weighted by Crippen LogP contribution is 2.25. The first-order chi connectivity index (χ1) is 7.83. The van der Waals surface area contributed by atoms with Gasteiger partial charge in [-0.3, -0.25) is 0 Å². The zero-order valence-electron chi connectivity index (χ0n) is 9.35. The van der Waals surface area contributed by atoms with E-state index in [0.29, 0.717) is 5.95 Å². The van der Waals surface area contributed by atoms with Crippen molar-refractivity contribution in [1.82, 2.24) is 9.97 Å². The maximum atomic E-state index is 12.1. The Morgan fingerprint density at radius 1 is 1.47 bits per heavy atom. The lowest BCUT2D eigenvalue weighted by Gasteiger charge is -2.20. The van der Waals surface area contributed by atoms with E-state index in [2.05, 4.69) is 15.3 Å². The van der Waals surface area contributed by atoms with Gasteiger partial charge in [-0.2, -0.15) is 18.2 Å². The summed E-state index contributed by atoms with van der Waals surface area (Å²) in [4.78, 5) is 9.19. The van der Waals surface area contributed by atoms with Crippen LogP contribution in [0.4, 0.5) is 24.9 Å². The molecule has 8 heteroatoms. The molecule has 1 aromatic rings. The highest BCUT2D eigenvalue weighted by molar-refractivity contribution is 6.32. The lowest BCUT2D eigenvalue weighted by Crippen LogP contribution is -2.25. The maximum Gasteiger partial charge on any atom is 0.390 e. The molecule has 0 spiro atoms. The maximum absolute atomic E-state index is 12.1. The van der Waals surface area contributed by atoms with Gasteiger partial charge < -0.3 is 10.2 Å². The van der Waals surface area contributed by atoms with Crippen LogP contribution in [0.5, 0.6) is 0 Å². The molecule has 0 fully saturated rings. The molecule has 1 rings (SSSR count). The van der Waals surface area contributed by atoms with Crippen LogP contribution in [-0.2, 0) is 0 Å². The highest BCUT2D eigenvalue weighted by atomic mass is 35.5. The normalized spacial score (nSPS) is 11.4. The molecule has 0 unspecified atom stereocenters. The summed E-state index contributed by atoms with van der Waals surface area (Å²) in [5.41, 5.74) is 0. The van der Waals surface area contributed by atoms with Gasteiger partial charge in [0.2, 0.25) is 5.95 Å². The molecular formula is C9H12ClF3N4. The number of nitrogens with zero attached hydrogens (tertiary/aromatic N) is 3. The van der Waals surface area contributed by atoms with Crippen molar-refractivity contribution >= 4 is 23.4 Å². The third-order valence-electron chi connectivity index (χ3n) is 2.04. The minimum absolute atomic E-state index is 0.205. The summed E-state index contributed by atoms with van der Waals surface area (Å²) in [6.07, 6.45) is -3.77. The van der Waals surface area contributed by atoms with Crippen molar-refractivity contribution in [2.75, 3.05) is 30.9 Å². The van der Waals surface area contributed by atoms with E-state index in [1.807, 2.05) is 0 Å². The minimum atomic E-state index is -4.19. The molecule has 96 valence electrons. The van der Waals surface area contributed by atoms with Crippen molar-refractivity contribution in [3.8, 4) is 0 Å². The van der Waals surface area contributed by atoms with Crippen LogP contribution in [0.2, 0.25) is 5.02 Å². The summed E-state index contributed by atoms with van der Waals surface area (Å²) in [6.45, 7) is -0.205. The molecule has 1 heterocycles. The van der Waals surface area contributed by atoms with Crippen LogP contribution < -0.4 is 10.2 Å². The van der Waals surface area contributed by atoms with Gasteiger partial charge in [0, 0.05) is 20.6 Å². The van der Waals surface area contributed by atoms with Gasteiger partial charge in [-0.25, -0.2) is 4.98 Å². The van der Waals surface area contributed by atoms with E-state index >= 15 is 0 Å². The third-order valence-corrected chi connectivity index (χ3v) is 2.31. The lowest BCUT2D eigenvalue weighted by atomic mass is 10.4. The molecule has 1 N–H and O–H groups in total. The van der Waals surface area contributed by atoms with Gasteiger partial charge >= 0.3 is 6.18 Å². The van der Waals surface area contributed by atoms with Crippen molar-refractivity contribution < 1.29 is 13.2 Å². The SMILES string of the molecule is CNc1ncc(Cl)c(N(C)CCC(F)(F)F)n1. The Morgan fingerprint density at radius 2 is 2.12 bits per heavy atom. The second kappa shape index (κ2) is 5.39. The standard InChI is InChI=1S/C9H12ClF3N4/c1-14-8-15-5-6(10)7(16-8)17(2)4-3-9(11,12)13/h5H,3-4H2,1-2H3,(H,14,15,16). The van der Waals surface area contributed by atoms with Gasteiger partial charge in [0.1, 0.15) is 5.02 Å². The van der Waals surface area contributed by atoms with E-state index in [1.165, 1.54) is 18.1 Å². The molecule has 0 radical (unpaired) electrons. The summed E-state index contributed by atoms with van der Waals surface area (Å²) in [7, 11) is 3.11. The van der Waals surface area contributed by atoms with E-state index in [9.17, 15) is 13.2 Å². The Morgan fingerprint density at radius 3 is 2.65 bits per heavy atom. The van der Waals surface area contributed by atoms with Crippen molar-refractivity contribution in [2.24, 2.45) is 0 Å². The number of nitrogens with one attached hydrogen (secondary N) is 1. The van der Waals surface area contributed by atoms with Crippen LogP contribution in [0.25, 0.3) is 0 Å². The smallest absolute Gasteiger partial charge is 0.358 e. The first-order valence-corrected chi connectivity index (χ1v) is 5.19. The van der Waals surface area contributed by atoms with Crippen LogP contribution in [0.3, 0.4) is 0 Å². The summed E-state index contributed by atoms with van der Waals surface area (Å²) in [6, 6.07) is 0. The molecule has 0 aliphatic heterocycles. The second-order valence-electron chi connectivity index (χ2n) is 3.40. The zero-order chi connectivity index (χ0) is 13.1. The fourth-order valence-corrected chi connectivity index (χ4v) is 1.38. The summed E-state index contributed by atoms with van der Waals surface area (Å²) in [5, 5.41) is 2.91. The molecule has 1 aromatic heterocycles. The molecule has 0 saturated heterocycles. The number of anilines is 2. The number of aromatic nitrogens is 2. The summed E-state index contributed by atoms with van der Waals surface area (Å²) < 4.78 is 36.2. The average Bonchev–Trinajstić information content (AvgIpc) is 2.25. The Hall–Kier alpha value is -1.24. The molecule has 0 bridgehead atoms. The molecular weight excluding hydrogens is 257 g/mol. The van der Waals surface area contributed by atoms with Gasteiger partial charge in [0.25, 0.3) is 0 Å². The van der Waals surface area contributed by atoms with E-state index in [0.717, 1.165) is 0 Å². The Labute approximate surface area is 102 Å². The van der Waals surface area contributed by atoms with Crippen LogP contribution in [0, 0.1) is 0 Å². The summed E-state index contributed by atoms with van der Waals surface area (Å²) in [5.74, 6) is 0.582. The van der Waals surface area contributed by atoms with E-state index < -0.39 is 12.6 Å². The Bertz CT molecular complexity index is 383. The quantitative estimate of drug-likeness (QED) is 0.911. The first kappa shape index (κ1) is 13.8. The van der Waals surface area contributed by atoms with Gasteiger partial charge in [-0.05, 0) is 0 Å². The van der Waals surface area contributed by atoms with Crippen molar-refractivity contribution in [2.45, 2.75) is 12.6 Å². The topological polar surface area (TPSA) is 41.1 Å². The Balaban J connectivity index is 2.77. The van der Waals surface area contributed by atoms with Crippen LogP contribution in [0.15, 0.2) is 6.20 Å². The van der Waals surface area contributed by atoms with Crippen LogP contribution in [0.1, 0.15) is 6.42 Å². The average molecular weight is 269 g/mol. The number of alkyl halides is 3. The fraction of sp³-hybridized carbons (Fsp3) is 0.556. The van der Waals surface area contributed by atoms with Crippen molar-refractivity contribution in [3.63, 3.8) is 0 Å². The fourth-order valence-electron chi connectivity index (χ4n) is 1.15. The van der Waals surface area contributed by atoms with Crippen molar-refractivity contribution in [1.29, 1.82) is 0 Å². The minimum Gasteiger partial charge on any atom is -0.358 e. The number of hydrogen-bond acceptors (Lipinski definition) is 4. The van der Waals surface area contributed by atoms with Gasteiger partial charge in [-0.1, -0.05) is 11.6 Å². The molecule has 17 heavy (non-hydrogen) atoms. The second-order valence-corrected chi connectivity index (χ2v) is 3.81. The van der Waals surface area contributed by atoms with E-state index in [4.69, 9.17) is 11.6 Å². The Kier molecular flexibility index (Phi) is 4.39. The highest BCUT2D eigenvalue weighted by Gasteiger charge is 2.27. The lowest BCUT2D eigenvalue weighted by molar-refractivity contribution is -0.132. The molecule has 0 amide bonds. The first-order valence-electron chi connectivity index (χ1n) is 4.81. The molecule has 0 aliphatic carbocycles. The van der Waals surface area contributed by atoms with E-state index in [1.54, 1.807) is 7.05 Å². The van der Waals surface area contributed by atoms with Gasteiger partial charge in [-0.15, -0.1) is 0 Å². The number of rotatable bonds is 4. The predicted molar refractivity (Wildman–Crippen MR) is 60.5 cm³/mol. The molecule has 0 saturated carbocycles. The molecule has 4 nitrogen and oxygen atoms in total. The third kappa shape index (κ3) is 4.26.